The zero-order valence-electron chi connectivity index (χ0n) is 13.7. The molecule has 1 atom stereocenters. The molecular formula is C17H24Cl2N4O. The summed E-state index contributed by atoms with van der Waals surface area (Å²) in [5.74, 6) is 0.892. The molecule has 1 aromatic heterocycles. The van der Waals surface area contributed by atoms with Gasteiger partial charge in [0, 0.05) is 43.2 Å². The van der Waals surface area contributed by atoms with Crippen LogP contribution >= 0.6 is 24.8 Å². The van der Waals surface area contributed by atoms with E-state index in [-0.39, 0.29) is 30.7 Å². The summed E-state index contributed by atoms with van der Waals surface area (Å²) in [6.07, 6.45) is 7.14. The van der Waals surface area contributed by atoms with E-state index in [4.69, 9.17) is 0 Å². The molecule has 24 heavy (non-hydrogen) atoms. The molecule has 1 aliphatic rings. The van der Waals surface area contributed by atoms with Gasteiger partial charge >= 0.3 is 0 Å². The number of hydrogen-bond acceptors (Lipinski definition) is 3. The number of nitrogens with one attached hydrogen (secondary N) is 2. The zero-order valence-corrected chi connectivity index (χ0v) is 15.3. The van der Waals surface area contributed by atoms with Crippen LogP contribution in [0.25, 0.3) is 11.4 Å². The van der Waals surface area contributed by atoms with E-state index in [0.717, 1.165) is 30.9 Å². The summed E-state index contributed by atoms with van der Waals surface area (Å²) in [6, 6.07) is 8.15. The van der Waals surface area contributed by atoms with Gasteiger partial charge in [-0.25, -0.2) is 4.98 Å². The maximum Gasteiger partial charge on any atom is 0.251 e. The molecule has 0 aliphatic carbocycles. The molecule has 5 nitrogen and oxygen atoms in total. The van der Waals surface area contributed by atoms with Crippen molar-refractivity contribution in [1.29, 1.82) is 0 Å². The van der Waals surface area contributed by atoms with E-state index in [1.54, 1.807) is 6.20 Å². The van der Waals surface area contributed by atoms with Crippen LogP contribution in [0.3, 0.4) is 0 Å². The molecule has 132 valence electrons. The van der Waals surface area contributed by atoms with Crippen LogP contribution in [0, 0.1) is 0 Å². The average Bonchev–Trinajstić information content (AvgIpc) is 3.19. The minimum atomic E-state index is -0.00983. The van der Waals surface area contributed by atoms with E-state index in [1.807, 2.05) is 42.1 Å². The van der Waals surface area contributed by atoms with Crippen LogP contribution in [0.1, 0.15) is 29.6 Å². The smallest absolute Gasteiger partial charge is 0.251 e. The molecule has 1 amide bonds. The third-order valence-corrected chi connectivity index (χ3v) is 4.17. The average molecular weight is 371 g/mol. The first-order valence-corrected chi connectivity index (χ1v) is 7.83. The Balaban J connectivity index is 0.00000144. The number of halogens is 2. The fraction of sp³-hybridized carbons (Fsp3) is 0.412. The molecule has 7 heteroatoms. The number of imidazole rings is 1. The zero-order chi connectivity index (χ0) is 15.4. The van der Waals surface area contributed by atoms with Crippen molar-refractivity contribution in [3.8, 4) is 11.4 Å². The van der Waals surface area contributed by atoms with Crippen molar-refractivity contribution in [3.05, 3.63) is 42.2 Å². The monoisotopic (exact) mass is 370 g/mol. The second-order valence-electron chi connectivity index (χ2n) is 5.78. The standard InChI is InChI=1S/C17H22N4O.2ClH/c1-21-12-11-19-16(21)13-4-6-14(7-5-13)17(22)20-10-8-15-3-2-9-18-15;;/h4-7,11-12,15,18H,2-3,8-10H2,1H3,(H,20,22);2*1H/t15-;;/m1../s1. The number of rotatable bonds is 5. The van der Waals surface area contributed by atoms with Crippen LogP contribution in [-0.4, -0.2) is 34.6 Å². The summed E-state index contributed by atoms with van der Waals surface area (Å²) in [5.41, 5.74) is 1.71. The predicted octanol–water partition coefficient (Wildman–Crippen LogP) is 2.80. The van der Waals surface area contributed by atoms with Crippen LogP contribution in [0.5, 0.6) is 0 Å². The number of nitrogens with zero attached hydrogens (tertiary/aromatic N) is 2. The predicted molar refractivity (Wildman–Crippen MR) is 101 cm³/mol. The maximum absolute atomic E-state index is 12.1. The first-order chi connectivity index (χ1) is 10.7. The van der Waals surface area contributed by atoms with Gasteiger partial charge < -0.3 is 15.2 Å². The van der Waals surface area contributed by atoms with Crippen molar-refractivity contribution in [2.75, 3.05) is 13.1 Å². The van der Waals surface area contributed by atoms with Gasteiger partial charge in [0.2, 0.25) is 0 Å². The maximum atomic E-state index is 12.1. The quantitative estimate of drug-likeness (QED) is 0.850. The van der Waals surface area contributed by atoms with Gasteiger partial charge in [-0.1, -0.05) is 12.1 Å². The van der Waals surface area contributed by atoms with E-state index in [2.05, 4.69) is 15.6 Å². The third-order valence-electron chi connectivity index (χ3n) is 4.17. The lowest BCUT2D eigenvalue weighted by atomic mass is 10.1. The topological polar surface area (TPSA) is 59.0 Å². The number of amides is 1. The highest BCUT2D eigenvalue weighted by atomic mass is 35.5. The van der Waals surface area contributed by atoms with Crippen LogP contribution in [-0.2, 0) is 7.05 Å². The van der Waals surface area contributed by atoms with E-state index < -0.39 is 0 Å². The lowest BCUT2D eigenvalue weighted by molar-refractivity contribution is 0.0952. The number of carbonyl (C=O) groups excluding carboxylic acids is 1. The molecule has 0 spiro atoms. The van der Waals surface area contributed by atoms with E-state index in [9.17, 15) is 4.79 Å². The molecule has 1 saturated heterocycles. The Kier molecular flexibility index (Phi) is 8.25. The Morgan fingerprint density at radius 1 is 1.33 bits per heavy atom. The largest absolute Gasteiger partial charge is 0.352 e. The van der Waals surface area contributed by atoms with Gasteiger partial charge in [-0.15, -0.1) is 24.8 Å². The summed E-state index contributed by atoms with van der Waals surface area (Å²) >= 11 is 0. The third kappa shape index (κ3) is 4.97. The van der Waals surface area contributed by atoms with Gasteiger partial charge in [-0.2, -0.15) is 0 Å². The van der Waals surface area contributed by atoms with E-state index >= 15 is 0 Å². The Morgan fingerprint density at radius 3 is 2.67 bits per heavy atom. The van der Waals surface area contributed by atoms with Gasteiger partial charge in [0.15, 0.2) is 0 Å². The minimum absolute atomic E-state index is 0. The highest BCUT2D eigenvalue weighted by molar-refractivity contribution is 5.94. The summed E-state index contributed by atoms with van der Waals surface area (Å²) in [4.78, 5) is 16.4. The van der Waals surface area contributed by atoms with Crippen molar-refractivity contribution in [3.63, 3.8) is 0 Å². The van der Waals surface area contributed by atoms with Gasteiger partial charge in [0.25, 0.3) is 5.91 Å². The van der Waals surface area contributed by atoms with Crippen molar-refractivity contribution >= 4 is 30.7 Å². The van der Waals surface area contributed by atoms with Gasteiger partial charge in [-0.05, 0) is 37.9 Å². The van der Waals surface area contributed by atoms with Crippen LogP contribution in [0.4, 0.5) is 0 Å². The molecule has 0 radical (unpaired) electrons. The Hall–Kier alpha value is -1.56. The van der Waals surface area contributed by atoms with Crippen molar-refractivity contribution in [1.82, 2.24) is 20.2 Å². The number of aromatic nitrogens is 2. The first-order valence-electron chi connectivity index (χ1n) is 7.83. The minimum Gasteiger partial charge on any atom is -0.352 e. The van der Waals surface area contributed by atoms with E-state index in [0.29, 0.717) is 11.6 Å². The number of aryl methyl sites for hydroxylation is 1. The fourth-order valence-corrected chi connectivity index (χ4v) is 2.88. The second kappa shape index (κ2) is 9.67. The summed E-state index contributed by atoms with van der Waals surface area (Å²) in [6.45, 7) is 1.82. The van der Waals surface area contributed by atoms with Crippen LogP contribution < -0.4 is 10.6 Å². The van der Waals surface area contributed by atoms with E-state index in [1.165, 1.54) is 12.8 Å². The number of carbonyl (C=O) groups is 1. The Bertz CT molecular complexity index is 636. The molecule has 0 bridgehead atoms. The molecule has 1 aliphatic heterocycles. The lowest BCUT2D eigenvalue weighted by Gasteiger charge is -2.11. The summed E-state index contributed by atoms with van der Waals surface area (Å²) < 4.78 is 1.96. The van der Waals surface area contributed by atoms with Gasteiger partial charge in [0.05, 0.1) is 0 Å². The first kappa shape index (κ1) is 20.5. The molecule has 0 unspecified atom stereocenters. The molecule has 2 N–H and O–H groups in total. The molecule has 2 heterocycles. The number of benzene rings is 1. The highest BCUT2D eigenvalue weighted by Crippen LogP contribution is 2.17. The molecule has 0 saturated carbocycles. The molecule has 1 fully saturated rings. The van der Waals surface area contributed by atoms with Crippen LogP contribution in [0.15, 0.2) is 36.7 Å². The summed E-state index contributed by atoms with van der Waals surface area (Å²) in [7, 11) is 1.96. The summed E-state index contributed by atoms with van der Waals surface area (Å²) in [5, 5.41) is 6.43. The van der Waals surface area contributed by atoms with Crippen molar-refractivity contribution < 1.29 is 4.79 Å². The highest BCUT2D eigenvalue weighted by Gasteiger charge is 2.14. The van der Waals surface area contributed by atoms with Crippen LogP contribution in [0.2, 0.25) is 0 Å². The van der Waals surface area contributed by atoms with Gasteiger partial charge in [-0.3, -0.25) is 4.79 Å². The van der Waals surface area contributed by atoms with Crippen molar-refractivity contribution in [2.45, 2.75) is 25.3 Å². The molecule has 1 aromatic carbocycles. The Morgan fingerprint density at radius 2 is 2.08 bits per heavy atom. The number of hydrogen-bond donors (Lipinski definition) is 2. The molecule has 3 rings (SSSR count). The lowest BCUT2D eigenvalue weighted by Crippen LogP contribution is -2.30. The second-order valence-corrected chi connectivity index (χ2v) is 5.78. The van der Waals surface area contributed by atoms with Gasteiger partial charge in [0.1, 0.15) is 5.82 Å². The Labute approximate surface area is 155 Å². The normalized spacial score (nSPS) is 16.1. The SMILES string of the molecule is Cl.Cl.Cn1ccnc1-c1ccc(C(=O)NCC[C@H]2CCCN2)cc1. The fourth-order valence-electron chi connectivity index (χ4n) is 2.88. The molecule has 2 aromatic rings. The molecular weight excluding hydrogens is 347 g/mol. The van der Waals surface area contributed by atoms with Crippen molar-refractivity contribution in [2.24, 2.45) is 7.05 Å².